The lowest BCUT2D eigenvalue weighted by Crippen LogP contribution is -1.91. The molecule has 0 aromatic heterocycles. The average molecular weight is 452 g/mol. The molecule has 1 nitrogen and oxygen atoms in total. The molecule has 6 aromatic rings. The van der Waals surface area contributed by atoms with Crippen LogP contribution in [0.25, 0.3) is 43.8 Å². The van der Waals surface area contributed by atoms with Crippen molar-refractivity contribution in [3.05, 3.63) is 133 Å². The largest absolute Gasteiger partial charge is 0.356 e. The van der Waals surface area contributed by atoms with Crippen LogP contribution in [0.2, 0.25) is 0 Å². The van der Waals surface area contributed by atoms with Crippen LogP contribution in [0, 0.1) is 0 Å². The third-order valence-electron chi connectivity index (χ3n) is 6.23. The molecule has 1 heteroatoms. The number of benzene rings is 6. The third kappa shape index (κ3) is 4.67. The van der Waals surface area contributed by atoms with E-state index in [0.29, 0.717) is 0 Å². The Labute approximate surface area is 207 Å². The van der Waals surface area contributed by atoms with E-state index >= 15 is 0 Å². The van der Waals surface area contributed by atoms with Gasteiger partial charge in [-0.15, -0.1) is 0 Å². The minimum Gasteiger partial charge on any atom is -0.356 e. The lowest BCUT2D eigenvalue weighted by Gasteiger charge is -2.13. The summed E-state index contributed by atoms with van der Waals surface area (Å²) in [4.78, 5) is 0. The summed E-state index contributed by atoms with van der Waals surface area (Å²) in [6.07, 6.45) is 0. The van der Waals surface area contributed by atoms with Gasteiger partial charge in [0.25, 0.3) is 0 Å². The molecule has 0 spiro atoms. The van der Waals surface area contributed by atoms with Crippen molar-refractivity contribution >= 4 is 32.9 Å². The van der Waals surface area contributed by atoms with E-state index in [4.69, 9.17) is 0 Å². The van der Waals surface area contributed by atoms with Crippen molar-refractivity contribution in [2.24, 2.45) is 0 Å². The van der Waals surface area contributed by atoms with Crippen molar-refractivity contribution in [3.8, 4) is 22.3 Å². The second-order valence-electron chi connectivity index (χ2n) is 8.34. The normalized spacial score (nSPS) is 10.6. The SMILES string of the molecule is CC.c1ccc(-c2ccc(Nc3ccc(-c4c5ccccc5cc5ccccc45)cc3)cc2)cc1. The summed E-state index contributed by atoms with van der Waals surface area (Å²) in [5.74, 6) is 0. The molecular formula is C34H29N. The Morgan fingerprint density at radius 3 is 1.37 bits per heavy atom. The van der Waals surface area contributed by atoms with Crippen molar-refractivity contribution < 1.29 is 0 Å². The van der Waals surface area contributed by atoms with Crippen LogP contribution in [-0.2, 0) is 0 Å². The number of anilines is 2. The van der Waals surface area contributed by atoms with E-state index in [-0.39, 0.29) is 0 Å². The molecule has 1 N–H and O–H groups in total. The van der Waals surface area contributed by atoms with E-state index < -0.39 is 0 Å². The van der Waals surface area contributed by atoms with Gasteiger partial charge in [0.05, 0.1) is 0 Å². The minimum absolute atomic E-state index is 1.08. The van der Waals surface area contributed by atoms with Gasteiger partial charge in [-0.25, -0.2) is 0 Å². The van der Waals surface area contributed by atoms with Crippen LogP contribution in [-0.4, -0.2) is 0 Å². The second-order valence-corrected chi connectivity index (χ2v) is 8.34. The van der Waals surface area contributed by atoms with Crippen LogP contribution in [0.3, 0.4) is 0 Å². The van der Waals surface area contributed by atoms with E-state index in [1.807, 2.05) is 19.9 Å². The van der Waals surface area contributed by atoms with Crippen molar-refractivity contribution in [2.45, 2.75) is 13.8 Å². The maximum Gasteiger partial charge on any atom is 0.0384 e. The first-order valence-corrected chi connectivity index (χ1v) is 12.3. The number of hydrogen-bond donors (Lipinski definition) is 1. The fourth-order valence-electron chi connectivity index (χ4n) is 4.59. The number of hydrogen-bond acceptors (Lipinski definition) is 1. The standard InChI is InChI=1S/C32H23N.C2H6/c1-2-8-23(9-3-1)24-14-18-28(19-15-24)33-29-20-16-25(17-21-29)32-30-12-6-4-10-26(30)22-27-11-5-7-13-31(27)32;1-2/h1-22,33H;1-2H3. The molecule has 0 unspecified atom stereocenters. The first-order chi connectivity index (χ1) is 17.3. The molecule has 0 aliphatic carbocycles. The Morgan fingerprint density at radius 2 is 0.829 bits per heavy atom. The number of nitrogens with one attached hydrogen (secondary N) is 1. The Kier molecular flexibility index (Phi) is 6.59. The molecule has 0 saturated carbocycles. The molecule has 0 fully saturated rings. The summed E-state index contributed by atoms with van der Waals surface area (Å²) >= 11 is 0. The van der Waals surface area contributed by atoms with Gasteiger partial charge in [0.1, 0.15) is 0 Å². The first kappa shape index (κ1) is 22.4. The smallest absolute Gasteiger partial charge is 0.0384 e. The fraction of sp³-hybridized carbons (Fsp3) is 0.0588. The summed E-state index contributed by atoms with van der Waals surface area (Å²) in [5, 5.41) is 8.65. The van der Waals surface area contributed by atoms with Crippen LogP contribution >= 0.6 is 0 Å². The summed E-state index contributed by atoms with van der Waals surface area (Å²) < 4.78 is 0. The summed E-state index contributed by atoms with van der Waals surface area (Å²) in [6.45, 7) is 4.00. The van der Waals surface area contributed by atoms with E-state index in [1.54, 1.807) is 0 Å². The number of fused-ring (bicyclic) bond motifs is 2. The maximum atomic E-state index is 3.54. The Bertz CT molecular complexity index is 1490. The highest BCUT2D eigenvalue weighted by Gasteiger charge is 2.09. The van der Waals surface area contributed by atoms with E-state index in [2.05, 4.69) is 133 Å². The van der Waals surface area contributed by atoms with Crippen LogP contribution < -0.4 is 5.32 Å². The Hall–Kier alpha value is -4.36. The molecular weight excluding hydrogens is 422 g/mol. The zero-order valence-electron chi connectivity index (χ0n) is 20.2. The Balaban J connectivity index is 0.00000124. The zero-order chi connectivity index (χ0) is 24.0. The first-order valence-electron chi connectivity index (χ1n) is 12.3. The van der Waals surface area contributed by atoms with Gasteiger partial charge in [0, 0.05) is 11.4 Å². The molecule has 0 radical (unpaired) electrons. The molecule has 35 heavy (non-hydrogen) atoms. The highest BCUT2D eigenvalue weighted by Crippen LogP contribution is 2.37. The zero-order valence-corrected chi connectivity index (χ0v) is 20.2. The fourth-order valence-corrected chi connectivity index (χ4v) is 4.59. The van der Waals surface area contributed by atoms with Crippen LogP contribution in [0.15, 0.2) is 133 Å². The molecule has 6 aromatic carbocycles. The molecule has 0 atom stereocenters. The van der Waals surface area contributed by atoms with Gasteiger partial charge < -0.3 is 5.32 Å². The van der Waals surface area contributed by atoms with Gasteiger partial charge in [-0.05, 0) is 74.1 Å². The monoisotopic (exact) mass is 451 g/mol. The quantitative estimate of drug-likeness (QED) is 0.263. The lowest BCUT2D eigenvalue weighted by atomic mass is 9.92. The van der Waals surface area contributed by atoms with Gasteiger partial charge >= 0.3 is 0 Å². The molecule has 0 aliphatic heterocycles. The van der Waals surface area contributed by atoms with Crippen LogP contribution in [0.4, 0.5) is 11.4 Å². The van der Waals surface area contributed by atoms with Gasteiger partial charge in [-0.1, -0.05) is 117 Å². The van der Waals surface area contributed by atoms with E-state index in [9.17, 15) is 0 Å². The van der Waals surface area contributed by atoms with E-state index in [0.717, 1.165) is 11.4 Å². The summed E-state index contributed by atoms with van der Waals surface area (Å²) in [5.41, 5.74) is 7.14. The van der Waals surface area contributed by atoms with E-state index in [1.165, 1.54) is 43.8 Å². The van der Waals surface area contributed by atoms with Crippen molar-refractivity contribution in [2.75, 3.05) is 5.32 Å². The van der Waals surface area contributed by atoms with Crippen molar-refractivity contribution in [1.82, 2.24) is 0 Å². The maximum absolute atomic E-state index is 3.54. The molecule has 0 bridgehead atoms. The van der Waals surface area contributed by atoms with Crippen LogP contribution in [0.1, 0.15) is 13.8 Å². The minimum atomic E-state index is 1.08. The lowest BCUT2D eigenvalue weighted by molar-refractivity contribution is 1.50. The predicted octanol–water partition coefficient (Wildman–Crippen LogP) is 10.1. The van der Waals surface area contributed by atoms with Gasteiger partial charge in [0.2, 0.25) is 0 Å². The molecule has 170 valence electrons. The van der Waals surface area contributed by atoms with Gasteiger partial charge in [0.15, 0.2) is 0 Å². The van der Waals surface area contributed by atoms with Crippen molar-refractivity contribution in [1.29, 1.82) is 0 Å². The Morgan fingerprint density at radius 1 is 0.400 bits per heavy atom. The second kappa shape index (κ2) is 10.3. The third-order valence-corrected chi connectivity index (χ3v) is 6.23. The van der Waals surface area contributed by atoms with Gasteiger partial charge in [-0.3, -0.25) is 0 Å². The predicted molar refractivity (Wildman–Crippen MR) is 153 cm³/mol. The van der Waals surface area contributed by atoms with Gasteiger partial charge in [-0.2, -0.15) is 0 Å². The molecule has 0 amide bonds. The molecule has 6 rings (SSSR count). The summed E-state index contributed by atoms with van der Waals surface area (Å²) in [6, 6.07) is 47.4. The molecule has 0 aliphatic rings. The topological polar surface area (TPSA) is 12.0 Å². The highest BCUT2D eigenvalue weighted by atomic mass is 14.9. The molecule has 0 saturated heterocycles. The van der Waals surface area contributed by atoms with Crippen molar-refractivity contribution in [3.63, 3.8) is 0 Å². The number of rotatable bonds is 4. The average Bonchev–Trinajstić information content (AvgIpc) is 2.94. The molecule has 0 heterocycles. The summed E-state index contributed by atoms with van der Waals surface area (Å²) in [7, 11) is 0. The highest BCUT2D eigenvalue weighted by molar-refractivity contribution is 6.12. The van der Waals surface area contributed by atoms with Crippen LogP contribution in [0.5, 0.6) is 0 Å².